The number of nitriles is 1. The fourth-order valence-corrected chi connectivity index (χ4v) is 3.14. The molecule has 0 aromatic carbocycles. The number of rotatable bonds is 5. The Hall–Kier alpha value is -3.71. The minimum Gasteiger partial charge on any atom is -0.376 e. The molecule has 10 nitrogen and oxygen atoms in total. The molecule has 3 aromatic rings. The molecule has 1 saturated heterocycles. The van der Waals surface area contributed by atoms with E-state index < -0.39 is 0 Å². The van der Waals surface area contributed by atoms with Crippen LogP contribution in [0.25, 0.3) is 11.5 Å². The summed E-state index contributed by atoms with van der Waals surface area (Å²) >= 11 is 0. The fraction of sp³-hybridized carbons (Fsp3) is 0.316. The number of pyridine rings is 1. The number of H-pyrrole nitrogens is 1. The molecule has 1 amide bonds. The molecule has 0 spiro atoms. The van der Waals surface area contributed by atoms with Crippen LogP contribution in [0, 0.1) is 11.3 Å². The molecule has 2 N–H and O–H groups in total. The van der Waals surface area contributed by atoms with Crippen LogP contribution in [0.15, 0.2) is 41.7 Å². The van der Waals surface area contributed by atoms with Crippen molar-refractivity contribution in [2.24, 2.45) is 0 Å². The van der Waals surface area contributed by atoms with Crippen molar-refractivity contribution in [1.29, 1.82) is 5.26 Å². The quantitative estimate of drug-likeness (QED) is 0.663. The standard InChI is InChI=1S/C19H19N7O3/c20-7-13-8-23-25(12-13)16-11-24-26(19(16)28)17-5-4-14(9-21-17)18(27)22-10-15-3-1-2-6-29-15/h4-5,8-9,11-12,15,24H,1-3,6,10H2,(H,22,27). The lowest BCUT2D eigenvalue weighted by molar-refractivity contribution is 0.0169. The molecule has 1 unspecified atom stereocenters. The Morgan fingerprint density at radius 2 is 2.28 bits per heavy atom. The second-order valence-corrected chi connectivity index (χ2v) is 6.69. The molecular formula is C19H19N7O3. The zero-order chi connectivity index (χ0) is 20.2. The first kappa shape index (κ1) is 18.6. The lowest BCUT2D eigenvalue weighted by Crippen LogP contribution is -2.35. The van der Waals surface area contributed by atoms with Crippen LogP contribution in [-0.4, -0.2) is 49.7 Å². The highest BCUT2D eigenvalue weighted by atomic mass is 16.5. The molecular weight excluding hydrogens is 374 g/mol. The molecule has 0 aliphatic carbocycles. The van der Waals surface area contributed by atoms with Gasteiger partial charge in [0.15, 0.2) is 5.82 Å². The Bertz CT molecular complexity index is 1100. The summed E-state index contributed by atoms with van der Waals surface area (Å²) in [5.41, 5.74) is 0.624. The number of aromatic amines is 1. The van der Waals surface area contributed by atoms with Crippen molar-refractivity contribution < 1.29 is 9.53 Å². The third-order valence-corrected chi connectivity index (χ3v) is 4.71. The predicted octanol–water partition coefficient (Wildman–Crippen LogP) is 0.917. The minimum atomic E-state index is -0.378. The molecule has 3 aromatic heterocycles. The van der Waals surface area contributed by atoms with Crippen LogP contribution in [0.4, 0.5) is 0 Å². The third-order valence-electron chi connectivity index (χ3n) is 4.71. The van der Waals surface area contributed by atoms with Crippen LogP contribution in [0.2, 0.25) is 0 Å². The first-order valence-electron chi connectivity index (χ1n) is 9.27. The van der Waals surface area contributed by atoms with E-state index in [4.69, 9.17) is 10.00 Å². The van der Waals surface area contributed by atoms with Crippen molar-refractivity contribution in [1.82, 2.24) is 29.9 Å². The third kappa shape index (κ3) is 3.95. The van der Waals surface area contributed by atoms with E-state index in [-0.39, 0.29) is 23.3 Å². The monoisotopic (exact) mass is 393 g/mol. The molecule has 1 aliphatic rings. The summed E-state index contributed by atoms with van der Waals surface area (Å²) in [4.78, 5) is 29.1. The molecule has 10 heteroatoms. The van der Waals surface area contributed by atoms with E-state index in [0.29, 0.717) is 23.5 Å². The van der Waals surface area contributed by atoms with Crippen LogP contribution in [0.5, 0.6) is 0 Å². The van der Waals surface area contributed by atoms with Gasteiger partial charge >= 0.3 is 0 Å². The van der Waals surface area contributed by atoms with E-state index in [1.165, 1.54) is 34.2 Å². The first-order valence-corrected chi connectivity index (χ1v) is 9.27. The normalized spacial score (nSPS) is 16.3. The molecule has 4 heterocycles. The molecule has 0 bridgehead atoms. The average Bonchev–Trinajstić information content (AvgIpc) is 3.39. The Balaban J connectivity index is 1.46. The average molecular weight is 393 g/mol. The Kier molecular flexibility index (Phi) is 5.22. The number of nitrogens with zero attached hydrogens (tertiary/aromatic N) is 5. The van der Waals surface area contributed by atoms with Crippen molar-refractivity contribution in [3.63, 3.8) is 0 Å². The molecule has 1 aliphatic heterocycles. The number of aromatic nitrogens is 5. The summed E-state index contributed by atoms with van der Waals surface area (Å²) in [6.45, 7) is 1.20. The highest BCUT2D eigenvalue weighted by molar-refractivity contribution is 5.93. The minimum absolute atomic E-state index is 0.0553. The molecule has 1 atom stereocenters. The van der Waals surface area contributed by atoms with Gasteiger partial charge in [0.25, 0.3) is 11.5 Å². The summed E-state index contributed by atoms with van der Waals surface area (Å²) in [5, 5.41) is 18.6. The SMILES string of the molecule is N#Cc1cnn(-c2c[nH]n(-c3ccc(C(=O)NCC4CCCCO4)cn3)c2=O)c1. The summed E-state index contributed by atoms with van der Waals surface area (Å²) < 4.78 is 8.16. The number of hydrogen-bond donors (Lipinski definition) is 2. The molecule has 0 radical (unpaired) electrons. The van der Waals surface area contributed by atoms with E-state index in [9.17, 15) is 9.59 Å². The lowest BCUT2D eigenvalue weighted by atomic mass is 10.1. The maximum atomic E-state index is 12.6. The maximum absolute atomic E-state index is 12.6. The number of carbonyl (C=O) groups is 1. The molecule has 4 rings (SSSR count). The van der Waals surface area contributed by atoms with E-state index >= 15 is 0 Å². The largest absolute Gasteiger partial charge is 0.376 e. The number of nitrogens with one attached hydrogen (secondary N) is 2. The summed E-state index contributed by atoms with van der Waals surface area (Å²) in [6, 6.07) is 5.15. The van der Waals surface area contributed by atoms with Gasteiger partial charge in [-0.3, -0.25) is 14.7 Å². The van der Waals surface area contributed by atoms with Gasteiger partial charge in [0.1, 0.15) is 11.8 Å². The van der Waals surface area contributed by atoms with Crippen molar-refractivity contribution in [3.05, 3.63) is 58.4 Å². The smallest absolute Gasteiger partial charge is 0.298 e. The molecule has 1 fully saturated rings. The van der Waals surface area contributed by atoms with E-state index in [0.717, 1.165) is 25.9 Å². The van der Waals surface area contributed by atoms with Gasteiger partial charge in [-0.1, -0.05) is 0 Å². The number of amides is 1. The highest BCUT2D eigenvalue weighted by Gasteiger charge is 2.16. The van der Waals surface area contributed by atoms with Crippen LogP contribution in [0.1, 0.15) is 35.2 Å². The van der Waals surface area contributed by atoms with Gasteiger partial charge in [-0.05, 0) is 31.4 Å². The van der Waals surface area contributed by atoms with E-state index in [2.05, 4.69) is 20.5 Å². The van der Waals surface area contributed by atoms with Gasteiger partial charge in [-0.2, -0.15) is 15.0 Å². The van der Waals surface area contributed by atoms with Gasteiger partial charge < -0.3 is 10.1 Å². The topological polar surface area (TPSA) is 131 Å². The zero-order valence-corrected chi connectivity index (χ0v) is 15.5. The lowest BCUT2D eigenvalue weighted by Gasteiger charge is -2.22. The van der Waals surface area contributed by atoms with Crippen molar-refractivity contribution >= 4 is 5.91 Å². The summed E-state index contributed by atoms with van der Waals surface area (Å²) in [5.74, 6) is 0.0967. The Labute approximate surface area is 165 Å². The number of ether oxygens (including phenoxy) is 1. The number of carbonyl (C=O) groups excluding carboxylic acids is 1. The van der Waals surface area contributed by atoms with Gasteiger partial charge in [-0.15, -0.1) is 0 Å². The van der Waals surface area contributed by atoms with E-state index in [1.54, 1.807) is 12.1 Å². The highest BCUT2D eigenvalue weighted by Crippen LogP contribution is 2.12. The Morgan fingerprint density at radius 3 is 2.97 bits per heavy atom. The molecule has 29 heavy (non-hydrogen) atoms. The number of hydrogen-bond acceptors (Lipinski definition) is 6. The second-order valence-electron chi connectivity index (χ2n) is 6.69. The molecule has 0 saturated carbocycles. The van der Waals surface area contributed by atoms with Gasteiger partial charge in [0.05, 0.1) is 29.6 Å². The Morgan fingerprint density at radius 1 is 1.38 bits per heavy atom. The zero-order valence-electron chi connectivity index (χ0n) is 15.5. The van der Waals surface area contributed by atoms with Crippen molar-refractivity contribution in [2.75, 3.05) is 13.2 Å². The molecule has 148 valence electrons. The fourth-order valence-electron chi connectivity index (χ4n) is 3.14. The summed E-state index contributed by atoms with van der Waals surface area (Å²) in [6.07, 6.45) is 8.91. The van der Waals surface area contributed by atoms with Crippen molar-refractivity contribution in [2.45, 2.75) is 25.4 Å². The van der Waals surface area contributed by atoms with Crippen LogP contribution >= 0.6 is 0 Å². The van der Waals surface area contributed by atoms with Crippen molar-refractivity contribution in [3.8, 4) is 17.6 Å². The van der Waals surface area contributed by atoms with E-state index in [1.807, 2.05) is 6.07 Å². The summed E-state index contributed by atoms with van der Waals surface area (Å²) in [7, 11) is 0. The van der Waals surface area contributed by atoms with Gasteiger partial charge in [0, 0.05) is 25.5 Å². The predicted molar refractivity (Wildman–Crippen MR) is 102 cm³/mol. The van der Waals surface area contributed by atoms with Crippen LogP contribution in [0.3, 0.4) is 0 Å². The first-order chi connectivity index (χ1) is 14.2. The van der Waals surface area contributed by atoms with Gasteiger partial charge in [-0.25, -0.2) is 9.67 Å². The van der Waals surface area contributed by atoms with Crippen LogP contribution < -0.4 is 10.9 Å². The second kappa shape index (κ2) is 8.12. The maximum Gasteiger partial charge on any atom is 0.298 e. The van der Waals surface area contributed by atoms with Crippen LogP contribution in [-0.2, 0) is 4.74 Å². The van der Waals surface area contributed by atoms with Gasteiger partial charge in [0.2, 0.25) is 0 Å².